The molecule has 0 aromatic heterocycles. The fourth-order valence-corrected chi connectivity index (χ4v) is 1.65. The molecule has 0 rings (SSSR count). The summed E-state index contributed by atoms with van der Waals surface area (Å²) in [6.45, 7) is 5.86. The first kappa shape index (κ1) is 14.8. The van der Waals surface area contributed by atoms with E-state index in [9.17, 15) is 4.21 Å². The highest BCUT2D eigenvalue weighted by Crippen LogP contribution is 1.96. The Bertz CT molecular complexity index is 210. The van der Waals surface area contributed by atoms with E-state index in [-0.39, 0.29) is 5.25 Å². The fourth-order valence-electron chi connectivity index (χ4n) is 0.996. The molecule has 0 fully saturated rings. The summed E-state index contributed by atoms with van der Waals surface area (Å²) in [6, 6.07) is 0. The first-order valence-corrected chi connectivity index (χ1v) is 7.44. The van der Waals surface area contributed by atoms with Crippen molar-refractivity contribution in [3.8, 4) is 0 Å². The van der Waals surface area contributed by atoms with Crippen LogP contribution in [0.2, 0.25) is 0 Å². The highest BCUT2D eigenvalue weighted by Gasteiger charge is 2.05. The minimum Gasteiger partial charge on any atom is -0.363 e. The third-order valence-electron chi connectivity index (χ3n) is 2.22. The Morgan fingerprint density at radius 1 is 1.40 bits per heavy atom. The largest absolute Gasteiger partial charge is 0.363 e. The summed E-state index contributed by atoms with van der Waals surface area (Å²) < 4.78 is 11.1. The van der Waals surface area contributed by atoms with Crippen LogP contribution in [0.1, 0.15) is 33.1 Å². The maximum absolute atomic E-state index is 11.1. The standard InChI is InChI=1S/C10H22N2OS2/c1-4-5-7-11-10(14)12-8-6-9(2)15(3)13/h9H,4-8H2,1-3H3,(H2,11,12,14). The molecule has 0 saturated carbocycles. The summed E-state index contributed by atoms with van der Waals surface area (Å²) in [5, 5.41) is 7.18. The molecular weight excluding hydrogens is 228 g/mol. The summed E-state index contributed by atoms with van der Waals surface area (Å²) in [4.78, 5) is 0. The molecule has 2 atom stereocenters. The molecule has 15 heavy (non-hydrogen) atoms. The van der Waals surface area contributed by atoms with E-state index in [0.717, 1.165) is 25.9 Å². The predicted octanol–water partition coefficient (Wildman–Crippen LogP) is 1.41. The van der Waals surface area contributed by atoms with Gasteiger partial charge in [-0.2, -0.15) is 0 Å². The van der Waals surface area contributed by atoms with Gasteiger partial charge in [0, 0.05) is 35.4 Å². The molecule has 90 valence electrons. The third kappa shape index (κ3) is 8.81. The molecule has 0 heterocycles. The van der Waals surface area contributed by atoms with Crippen molar-refractivity contribution in [2.45, 2.75) is 38.4 Å². The van der Waals surface area contributed by atoms with Crippen molar-refractivity contribution in [1.82, 2.24) is 10.6 Å². The van der Waals surface area contributed by atoms with Crippen LogP contribution in [0.15, 0.2) is 0 Å². The average molecular weight is 250 g/mol. The molecule has 0 aliphatic carbocycles. The number of thiocarbonyl (C=S) groups is 1. The van der Waals surface area contributed by atoms with E-state index in [2.05, 4.69) is 17.6 Å². The lowest BCUT2D eigenvalue weighted by Gasteiger charge is -2.12. The summed E-state index contributed by atoms with van der Waals surface area (Å²) in [7, 11) is -0.735. The highest BCUT2D eigenvalue weighted by molar-refractivity contribution is 7.84. The quantitative estimate of drug-likeness (QED) is 0.529. The Balaban J connectivity index is 3.42. The van der Waals surface area contributed by atoms with Crippen LogP contribution < -0.4 is 10.6 Å². The van der Waals surface area contributed by atoms with Gasteiger partial charge in [0.1, 0.15) is 0 Å². The van der Waals surface area contributed by atoms with Gasteiger partial charge in [0.15, 0.2) is 5.11 Å². The fraction of sp³-hybridized carbons (Fsp3) is 0.900. The summed E-state index contributed by atoms with van der Waals surface area (Å²) in [5.41, 5.74) is 0. The molecular formula is C10H22N2OS2. The maximum Gasteiger partial charge on any atom is 0.166 e. The molecule has 0 aliphatic heterocycles. The van der Waals surface area contributed by atoms with Crippen molar-refractivity contribution >= 4 is 28.1 Å². The summed E-state index contributed by atoms with van der Waals surface area (Å²) >= 11 is 5.09. The van der Waals surface area contributed by atoms with Gasteiger partial charge in [-0.3, -0.25) is 4.21 Å². The van der Waals surface area contributed by atoms with Gasteiger partial charge < -0.3 is 10.6 Å². The van der Waals surface area contributed by atoms with Crippen LogP contribution in [-0.4, -0.2) is 33.9 Å². The van der Waals surface area contributed by atoms with Crippen LogP contribution >= 0.6 is 12.2 Å². The van der Waals surface area contributed by atoms with Crippen molar-refractivity contribution in [1.29, 1.82) is 0 Å². The van der Waals surface area contributed by atoms with Crippen LogP contribution in [-0.2, 0) is 10.8 Å². The van der Waals surface area contributed by atoms with Gasteiger partial charge in [-0.15, -0.1) is 0 Å². The molecule has 2 unspecified atom stereocenters. The second-order valence-corrected chi connectivity index (χ2v) is 5.84. The Kier molecular flexibility index (Phi) is 9.00. The third-order valence-corrected chi connectivity index (χ3v) is 3.88. The number of hydrogen-bond donors (Lipinski definition) is 2. The van der Waals surface area contributed by atoms with E-state index < -0.39 is 10.8 Å². The lowest BCUT2D eigenvalue weighted by molar-refractivity contribution is 0.663. The van der Waals surface area contributed by atoms with Crippen LogP contribution in [0, 0.1) is 0 Å². The zero-order valence-corrected chi connectivity index (χ0v) is 11.5. The van der Waals surface area contributed by atoms with Crippen LogP contribution in [0.3, 0.4) is 0 Å². The van der Waals surface area contributed by atoms with Gasteiger partial charge >= 0.3 is 0 Å². The molecule has 0 spiro atoms. The van der Waals surface area contributed by atoms with Crippen molar-refractivity contribution in [2.24, 2.45) is 0 Å². The second kappa shape index (κ2) is 9.09. The van der Waals surface area contributed by atoms with E-state index in [0.29, 0.717) is 5.11 Å². The topological polar surface area (TPSA) is 41.1 Å². The van der Waals surface area contributed by atoms with Crippen LogP contribution in [0.5, 0.6) is 0 Å². The minimum absolute atomic E-state index is 0.232. The van der Waals surface area contributed by atoms with Crippen molar-refractivity contribution in [3.05, 3.63) is 0 Å². The molecule has 0 aromatic rings. The Morgan fingerprint density at radius 2 is 2.00 bits per heavy atom. The van der Waals surface area contributed by atoms with E-state index in [1.165, 1.54) is 6.42 Å². The predicted molar refractivity (Wildman–Crippen MR) is 71.7 cm³/mol. The van der Waals surface area contributed by atoms with Gasteiger partial charge in [-0.05, 0) is 25.1 Å². The Hall–Kier alpha value is -0.160. The molecule has 0 radical (unpaired) electrons. The molecule has 3 nitrogen and oxygen atoms in total. The van der Waals surface area contributed by atoms with Gasteiger partial charge in [-0.25, -0.2) is 0 Å². The van der Waals surface area contributed by atoms with Crippen molar-refractivity contribution in [3.63, 3.8) is 0 Å². The molecule has 0 saturated heterocycles. The number of rotatable bonds is 7. The number of nitrogens with one attached hydrogen (secondary N) is 2. The van der Waals surface area contributed by atoms with E-state index in [1.807, 2.05) is 6.92 Å². The second-order valence-electron chi connectivity index (χ2n) is 3.63. The summed E-state index contributed by atoms with van der Waals surface area (Å²) in [5.74, 6) is 0. The van der Waals surface area contributed by atoms with E-state index in [1.54, 1.807) is 6.26 Å². The van der Waals surface area contributed by atoms with E-state index in [4.69, 9.17) is 12.2 Å². The number of hydrogen-bond acceptors (Lipinski definition) is 2. The highest BCUT2D eigenvalue weighted by atomic mass is 32.2. The molecule has 5 heteroatoms. The van der Waals surface area contributed by atoms with Gasteiger partial charge in [0.2, 0.25) is 0 Å². The lowest BCUT2D eigenvalue weighted by atomic mass is 10.3. The van der Waals surface area contributed by atoms with E-state index >= 15 is 0 Å². The van der Waals surface area contributed by atoms with Crippen molar-refractivity contribution in [2.75, 3.05) is 19.3 Å². The summed E-state index contributed by atoms with van der Waals surface area (Å²) in [6.07, 6.45) is 4.93. The minimum atomic E-state index is -0.735. The molecule has 0 aliphatic rings. The molecule has 0 bridgehead atoms. The van der Waals surface area contributed by atoms with Gasteiger partial charge in [-0.1, -0.05) is 20.3 Å². The Morgan fingerprint density at radius 3 is 2.53 bits per heavy atom. The molecule has 2 N–H and O–H groups in total. The molecule has 0 aromatic carbocycles. The smallest absolute Gasteiger partial charge is 0.166 e. The maximum atomic E-state index is 11.1. The molecule has 0 amide bonds. The van der Waals surface area contributed by atoms with Crippen LogP contribution in [0.4, 0.5) is 0 Å². The average Bonchev–Trinajstić information content (AvgIpc) is 2.18. The zero-order valence-electron chi connectivity index (χ0n) is 9.84. The monoisotopic (exact) mass is 250 g/mol. The van der Waals surface area contributed by atoms with Gasteiger partial charge in [0.05, 0.1) is 0 Å². The first-order valence-electron chi connectivity index (χ1n) is 5.41. The van der Waals surface area contributed by atoms with Crippen LogP contribution in [0.25, 0.3) is 0 Å². The first-order chi connectivity index (χ1) is 7.07. The Labute approximate surface area is 101 Å². The van der Waals surface area contributed by atoms with Gasteiger partial charge in [0.25, 0.3) is 0 Å². The number of unbranched alkanes of at least 4 members (excludes halogenated alkanes) is 1. The zero-order chi connectivity index (χ0) is 11.7. The van der Waals surface area contributed by atoms with Crippen molar-refractivity contribution < 1.29 is 4.21 Å². The lowest BCUT2D eigenvalue weighted by Crippen LogP contribution is -2.37. The SMILES string of the molecule is CCCCNC(=S)NCCC(C)S(C)=O. The normalized spacial score (nSPS) is 14.3.